The molecule has 0 spiro atoms. The molecule has 1 aliphatic rings. The van der Waals surface area contributed by atoms with Crippen molar-refractivity contribution in [2.75, 3.05) is 11.2 Å². The average molecular weight is 328 g/mol. The molecule has 1 heterocycles. The van der Waals surface area contributed by atoms with E-state index >= 15 is 0 Å². The van der Waals surface area contributed by atoms with Crippen LogP contribution in [0.3, 0.4) is 0 Å². The van der Waals surface area contributed by atoms with Crippen molar-refractivity contribution < 1.29 is 13.2 Å². The molecular formula is C17H16N2O3S. The molecule has 0 aliphatic carbocycles. The summed E-state index contributed by atoms with van der Waals surface area (Å²) in [4.78, 5) is 14.0. The molecule has 1 aliphatic heterocycles. The van der Waals surface area contributed by atoms with Crippen LogP contribution in [0.5, 0.6) is 0 Å². The molecule has 23 heavy (non-hydrogen) atoms. The number of anilines is 1. The molecule has 2 N–H and O–H groups in total. The highest BCUT2D eigenvalue weighted by Crippen LogP contribution is 2.41. The van der Waals surface area contributed by atoms with Crippen molar-refractivity contribution in [1.29, 1.82) is 0 Å². The summed E-state index contributed by atoms with van der Waals surface area (Å²) >= 11 is 0. The van der Waals surface area contributed by atoms with Crippen LogP contribution >= 0.6 is 0 Å². The van der Waals surface area contributed by atoms with E-state index in [4.69, 9.17) is 5.73 Å². The van der Waals surface area contributed by atoms with Crippen LogP contribution in [0.2, 0.25) is 0 Å². The quantitative estimate of drug-likeness (QED) is 0.934. The lowest BCUT2D eigenvalue weighted by Gasteiger charge is -2.26. The second kappa shape index (κ2) is 5.55. The summed E-state index contributed by atoms with van der Waals surface area (Å²) in [6.07, 6.45) is 1.08. The van der Waals surface area contributed by atoms with Crippen molar-refractivity contribution in [2.24, 2.45) is 5.73 Å². The van der Waals surface area contributed by atoms with E-state index in [2.05, 4.69) is 0 Å². The SMILES string of the molecule is CS(=O)(=O)C1=C(N)C(=O)N(c2ccccc2)C1c1ccccc1. The van der Waals surface area contributed by atoms with Crippen molar-refractivity contribution in [3.05, 3.63) is 76.8 Å². The summed E-state index contributed by atoms with van der Waals surface area (Å²) in [5.74, 6) is -0.495. The predicted molar refractivity (Wildman–Crippen MR) is 89.2 cm³/mol. The Bertz CT molecular complexity index is 875. The largest absolute Gasteiger partial charge is 0.393 e. The minimum absolute atomic E-state index is 0.0439. The van der Waals surface area contributed by atoms with Gasteiger partial charge in [0.2, 0.25) is 0 Å². The first kappa shape index (κ1) is 15.3. The Labute approximate surface area is 135 Å². The number of nitrogens with two attached hydrogens (primary N) is 1. The fourth-order valence-corrected chi connectivity index (χ4v) is 3.94. The van der Waals surface area contributed by atoms with Gasteiger partial charge in [-0.1, -0.05) is 48.5 Å². The third-order valence-electron chi connectivity index (χ3n) is 3.77. The van der Waals surface area contributed by atoms with Gasteiger partial charge in [0.05, 0.1) is 0 Å². The van der Waals surface area contributed by atoms with Crippen molar-refractivity contribution in [3.8, 4) is 0 Å². The van der Waals surface area contributed by atoms with Gasteiger partial charge in [-0.05, 0) is 17.7 Å². The normalized spacial score (nSPS) is 18.6. The molecule has 2 aromatic carbocycles. The monoisotopic (exact) mass is 328 g/mol. The van der Waals surface area contributed by atoms with E-state index in [1.54, 1.807) is 48.5 Å². The van der Waals surface area contributed by atoms with Crippen LogP contribution in [0.15, 0.2) is 71.3 Å². The first-order chi connectivity index (χ1) is 10.9. The molecule has 0 aromatic heterocycles. The van der Waals surface area contributed by atoms with Gasteiger partial charge >= 0.3 is 0 Å². The highest BCUT2D eigenvalue weighted by atomic mass is 32.2. The number of rotatable bonds is 3. The zero-order valence-corrected chi connectivity index (χ0v) is 13.3. The van der Waals surface area contributed by atoms with Gasteiger partial charge in [-0.3, -0.25) is 9.69 Å². The first-order valence-electron chi connectivity index (χ1n) is 7.04. The Morgan fingerprint density at radius 2 is 1.48 bits per heavy atom. The lowest BCUT2D eigenvalue weighted by atomic mass is 10.1. The molecule has 6 heteroatoms. The maximum atomic E-state index is 12.6. The molecule has 0 bridgehead atoms. The standard InChI is InChI=1S/C17H16N2O3S/c1-23(21,22)16-14(18)17(20)19(13-10-6-3-7-11-13)15(16)12-8-4-2-5-9-12/h2-11,15H,18H2,1H3. The van der Waals surface area contributed by atoms with Gasteiger partial charge in [-0.2, -0.15) is 0 Å². The molecule has 118 valence electrons. The van der Waals surface area contributed by atoms with E-state index < -0.39 is 21.8 Å². The zero-order valence-electron chi connectivity index (χ0n) is 12.5. The van der Waals surface area contributed by atoms with Gasteiger partial charge in [0.15, 0.2) is 9.84 Å². The number of benzene rings is 2. The summed E-state index contributed by atoms with van der Waals surface area (Å²) in [7, 11) is -3.63. The number of carbonyl (C=O) groups excluding carboxylic acids is 1. The van der Waals surface area contributed by atoms with Crippen LogP contribution in [0.4, 0.5) is 5.69 Å². The van der Waals surface area contributed by atoms with Crippen LogP contribution in [-0.4, -0.2) is 20.6 Å². The molecule has 2 aromatic rings. The van der Waals surface area contributed by atoms with Gasteiger partial charge in [-0.25, -0.2) is 8.42 Å². The first-order valence-corrected chi connectivity index (χ1v) is 8.93. The van der Waals surface area contributed by atoms with E-state index in [0.717, 1.165) is 6.26 Å². The molecule has 0 saturated carbocycles. The van der Waals surface area contributed by atoms with Gasteiger partial charge < -0.3 is 5.73 Å². The van der Waals surface area contributed by atoms with Crippen LogP contribution in [0.1, 0.15) is 11.6 Å². The van der Waals surface area contributed by atoms with Crippen LogP contribution in [0.25, 0.3) is 0 Å². The van der Waals surface area contributed by atoms with E-state index in [9.17, 15) is 13.2 Å². The van der Waals surface area contributed by atoms with Crippen molar-refractivity contribution >= 4 is 21.4 Å². The maximum Gasteiger partial charge on any atom is 0.276 e. The molecular weight excluding hydrogens is 312 g/mol. The minimum atomic E-state index is -3.63. The number of carbonyl (C=O) groups is 1. The van der Waals surface area contributed by atoms with Crippen LogP contribution < -0.4 is 10.6 Å². The molecule has 0 saturated heterocycles. The molecule has 1 unspecified atom stereocenters. The summed E-state index contributed by atoms with van der Waals surface area (Å²) < 4.78 is 24.5. The van der Waals surface area contributed by atoms with Gasteiger partial charge in [0.1, 0.15) is 16.6 Å². The second-order valence-electron chi connectivity index (χ2n) is 5.37. The lowest BCUT2D eigenvalue weighted by Crippen LogP contribution is -2.31. The zero-order chi connectivity index (χ0) is 16.6. The van der Waals surface area contributed by atoms with E-state index in [1.165, 1.54) is 4.90 Å². The molecule has 0 radical (unpaired) electrons. The molecule has 1 amide bonds. The lowest BCUT2D eigenvalue weighted by molar-refractivity contribution is -0.114. The van der Waals surface area contributed by atoms with Crippen molar-refractivity contribution in [3.63, 3.8) is 0 Å². The van der Waals surface area contributed by atoms with Crippen LogP contribution in [0, 0.1) is 0 Å². The third-order valence-corrected chi connectivity index (χ3v) is 5.01. The second-order valence-corrected chi connectivity index (χ2v) is 7.36. The number of para-hydroxylation sites is 1. The average Bonchev–Trinajstić information content (AvgIpc) is 2.81. The summed E-state index contributed by atoms with van der Waals surface area (Å²) in [5.41, 5.74) is 6.96. The summed E-state index contributed by atoms with van der Waals surface area (Å²) in [6, 6.07) is 17.2. The Balaban J connectivity index is 2.24. The number of nitrogens with zero attached hydrogens (tertiary/aromatic N) is 1. The summed E-state index contributed by atoms with van der Waals surface area (Å²) in [5, 5.41) is 0. The fourth-order valence-electron chi connectivity index (χ4n) is 2.81. The third kappa shape index (κ3) is 2.61. The Morgan fingerprint density at radius 3 is 2.00 bits per heavy atom. The smallest absolute Gasteiger partial charge is 0.276 e. The molecule has 0 fully saturated rings. The topological polar surface area (TPSA) is 80.5 Å². The van der Waals surface area contributed by atoms with Crippen molar-refractivity contribution in [2.45, 2.75) is 6.04 Å². The Morgan fingerprint density at radius 1 is 0.957 bits per heavy atom. The molecule has 1 atom stereocenters. The van der Waals surface area contributed by atoms with Gasteiger partial charge in [0, 0.05) is 11.9 Å². The van der Waals surface area contributed by atoms with Gasteiger partial charge in [-0.15, -0.1) is 0 Å². The number of amides is 1. The fraction of sp³-hybridized carbons (Fsp3) is 0.118. The highest BCUT2D eigenvalue weighted by Gasteiger charge is 2.44. The number of hydrogen-bond acceptors (Lipinski definition) is 4. The summed E-state index contributed by atoms with van der Waals surface area (Å²) in [6.45, 7) is 0. The highest BCUT2D eigenvalue weighted by molar-refractivity contribution is 7.94. The van der Waals surface area contributed by atoms with Crippen molar-refractivity contribution in [1.82, 2.24) is 0 Å². The van der Waals surface area contributed by atoms with Crippen LogP contribution in [-0.2, 0) is 14.6 Å². The number of sulfone groups is 1. The molecule has 5 nitrogen and oxygen atoms in total. The van der Waals surface area contributed by atoms with E-state index in [-0.39, 0.29) is 10.6 Å². The Kier molecular flexibility index (Phi) is 3.69. The predicted octanol–water partition coefficient (Wildman–Crippen LogP) is 1.99. The van der Waals surface area contributed by atoms with E-state index in [1.807, 2.05) is 12.1 Å². The maximum absolute atomic E-state index is 12.6. The van der Waals surface area contributed by atoms with E-state index in [0.29, 0.717) is 11.3 Å². The number of hydrogen-bond donors (Lipinski definition) is 1. The molecule has 3 rings (SSSR count). The van der Waals surface area contributed by atoms with Gasteiger partial charge in [0.25, 0.3) is 5.91 Å². The Hall–Kier alpha value is -2.60. The minimum Gasteiger partial charge on any atom is -0.393 e.